The Kier molecular flexibility index (Phi) is 4.01. The molecule has 5 heteroatoms. The third-order valence-corrected chi connectivity index (χ3v) is 4.31. The standard InChI is InChI=1S/C16H16N2O2S/c17-12-5-7-13(8-6-12)20-11-16(19)18-9-10-21-15-4-2-1-3-14(15)18/h1-8H,9-11,17H2. The number of benzene rings is 2. The molecule has 0 saturated carbocycles. The van der Waals surface area contributed by atoms with E-state index in [0.717, 1.165) is 16.3 Å². The van der Waals surface area contributed by atoms with Gasteiger partial charge in [0.2, 0.25) is 0 Å². The minimum absolute atomic E-state index is 0.0282. The highest BCUT2D eigenvalue weighted by atomic mass is 32.2. The fourth-order valence-corrected chi connectivity index (χ4v) is 3.21. The van der Waals surface area contributed by atoms with E-state index in [1.165, 1.54) is 0 Å². The molecule has 0 spiro atoms. The molecular formula is C16H16N2O2S. The molecule has 0 bridgehead atoms. The number of rotatable bonds is 3. The van der Waals surface area contributed by atoms with Gasteiger partial charge in [-0.25, -0.2) is 0 Å². The summed E-state index contributed by atoms with van der Waals surface area (Å²) in [5, 5.41) is 0. The van der Waals surface area contributed by atoms with Crippen LogP contribution in [0.2, 0.25) is 0 Å². The summed E-state index contributed by atoms with van der Waals surface area (Å²) in [6, 6.07) is 15.0. The minimum Gasteiger partial charge on any atom is -0.484 e. The van der Waals surface area contributed by atoms with Crippen molar-refractivity contribution in [3.8, 4) is 5.75 Å². The van der Waals surface area contributed by atoms with Crippen molar-refractivity contribution in [2.24, 2.45) is 0 Å². The van der Waals surface area contributed by atoms with Crippen LogP contribution in [-0.4, -0.2) is 24.8 Å². The SMILES string of the molecule is Nc1ccc(OCC(=O)N2CCSc3ccccc32)cc1. The normalized spacial score (nSPS) is 13.6. The van der Waals surface area contributed by atoms with Gasteiger partial charge in [-0.3, -0.25) is 4.79 Å². The number of fused-ring (bicyclic) bond motifs is 1. The summed E-state index contributed by atoms with van der Waals surface area (Å²) in [6.07, 6.45) is 0. The van der Waals surface area contributed by atoms with Gasteiger partial charge in [0.25, 0.3) is 5.91 Å². The predicted octanol–water partition coefficient (Wildman–Crippen LogP) is 2.79. The molecule has 1 heterocycles. The Labute approximate surface area is 127 Å². The van der Waals surface area contributed by atoms with Crippen LogP contribution in [0.25, 0.3) is 0 Å². The van der Waals surface area contributed by atoms with Gasteiger partial charge in [-0.2, -0.15) is 0 Å². The number of para-hydroxylation sites is 1. The van der Waals surface area contributed by atoms with Gasteiger partial charge in [0.15, 0.2) is 6.61 Å². The van der Waals surface area contributed by atoms with Crippen molar-refractivity contribution < 1.29 is 9.53 Å². The highest BCUT2D eigenvalue weighted by molar-refractivity contribution is 7.99. The molecule has 0 fully saturated rings. The molecule has 21 heavy (non-hydrogen) atoms. The number of amides is 1. The zero-order valence-electron chi connectivity index (χ0n) is 11.5. The van der Waals surface area contributed by atoms with Crippen LogP contribution in [0.15, 0.2) is 53.4 Å². The molecule has 0 saturated heterocycles. The highest BCUT2D eigenvalue weighted by Crippen LogP contribution is 2.34. The van der Waals surface area contributed by atoms with E-state index in [0.29, 0.717) is 18.0 Å². The van der Waals surface area contributed by atoms with Gasteiger partial charge in [0.1, 0.15) is 5.75 Å². The first kappa shape index (κ1) is 13.8. The number of carbonyl (C=O) groups excluding carboxylic acids is 1. The molecule has 0 aliphatic carbocycles. The van der Waals surface area contributed by atoms with Crippen LogP contribution in [0.1, 0.15) is 0 Å². The lowest BCUT2D eigenvalue weighted by Gasteiger charge is -2.28. The Hall–Kier alpha value is -2.14. The Balaban J connectivity index is 1.68. The molecule has 108 valence electrons. The van der Waals surface area contributed by atoms with Crippen molar-refractivity contribution in [1.29, 1.82) is 0 Å². The first-order chi connectivity index (χ1) is 10.2. The summed E-state index contributed by atoms with van der Waals surface area (Å²) in [7, 11) is 0. The summed E-state index contributed by atoms with van der Waals surface area (Å²) in [5.74, 6) is 1.53. The molecule has 0 atom stereocenters. The third-order valence-electron chi connectivity index (χ3n) is 3.27. The van der Waals surface area contributed by atoms with Crippen molar-refractivity contribution >= 4 is 29.0 Å². The molecule has 4 nitrogen and oxygen atoms in total. The van der Waals surface area contributed by atoms with Crippen molar-refractivity contribution in [3.05, 3.63) is 48.5 Å². The summed E-state index contributed by atoms with van der Waals surface area (Å²) in [6.45, 7) is 0.745. The van der Waals surface area contributed by atoms with Crippen molar-refractivity contribution in [3.63, 3.8) is 0 Å². The quantitative estimate of drug-likeness (QED) is 0.886. The van der Waals surface area contributed by atoms with Gasteiger partial charge in [0.05, 0.1) is 5.69 Å². The van der Waals surface area contributed by atoms with E-state index >= 15 is 0 Å². The van der Waals surface area contributed by atoms with Crippen LogP contribution in [0.3, 0.4) is 0 Å². The summed E-state index contributed by atoms with van der Waals surface area (Å²) < 4.78 is 5.54. The second kappa shape index (κ2) is 6.10. The van der Waals surface area contributed by atoms with Gasteiger partial charge >= 0.3 is 0 Å². The van der Waals surface area contributed by atoms with E-state index in [9.17, 15) is 4.79 Å². The van der Waals surface area contributed by atoms with E-state index in [4.69, 9.17) is 10.5 Å². The van der Waals surface area contributed by atoms with Crippen LogP contribution in [0.4, 0.5) is 11.4 Å². The second-order valence-electron chi connectivity index (χ2n) is 4.72. The molecule has 1 amide bonds. The lowest BCUT2D eigenvalue weighted by Crippen LogP contribution is -2.38. The molecule has 1 aliphatic heterocycles. The fourth-order valence-electron chi connectivity index (χ4n) is 2.22. The topological polar surface area (TPSA) is 55.6 Å². The van der Waals surface area contributed by atoms with Crippen LogP contribution in [0, 0.1) is 0 Å². The summed E-state index contributed by atoms with van der Waals surface area (Å²) in [5.41, 5.74) is 7.27. The number of anilines is 2. The number of hydrogen-bond donors (Lipinski definition) is 1. The number of nitrogen functional groups attached to an aromatic ring is 1. The average molecular weight is 300 g/mol. The smallest absolute Gasteiger partial charge is 0.264 e. The molecule has 3 rings (SSSR count). The number of thioether (sulfide) groups is 1. The van der Waals surface area contributed by atoms with Gasteiger partial charge in [-0.05, 0) is 36.4 Å². The number of nitrogens with two attached hydrogens (primary N) is 1. The van der Waals surface area contributed by atoms with Crippen LogP contribution in [-0.2, 0) is 4.79 Å². The van der Waals surface area contributed by atoms with Crippen LogP contribution >= 0.6 is 11.8 Å². The zero-order valence-corrected chi connectivity index (χ0v) is 12.3. The van der Waals surface area contributed by atoms with Gasteiger partial charge < -0.3 is 15.4 Å². The van der Waals surface area contributed by atoms with Crippen molar-refractivity contribution in [1.82, 2.24) is 0 Å². The van der Waals surface area contributed by atoms with E-state index in [2.05, 4.69) is 0 Å². The summed E-state index contributed by atoms with van der Waals surface area (Å²) in [4.78, 5) is 15.3. The lowest BCUT2D eigenvalue weighted by atomic mass is 10.2. The highest BCUT2D eigenvalue weighted by Gasteiger charge is 2.22. The number of ether oxygens (including phenoxy) is 1. The molecule has 2 aromatic carbocycles. The Morgan fingerprint density at radius 3 is 2.76 bits per heavy atom. The Bertz CT molecular complexity index is 643. The fraction of sp³-hybridized carbons (Fsp3) is 0.188. The van der Waals surface area contributed by atoms with E-state index in [1.807, 2.05) is 24.3 Å². The average Bonchev–Trinajstić information content (AvgIpc) is 2.53. The van der Waals surface area contributed by atoms with Crippen LogP contribution < -0.4 is 15.4 Å². The first-order valence-corrected chi connectivity index (χ1v) is 7.73. The maximum absolute atomic E-state index is 12.4. The van der Waals surface area contributed by atoms with E-state index in [1.54, 1.807) is 40.9 Å². The summed E-state index contributed by atoms with van der Waals surface area (Å²) >= 11 is 1.78. The van der Waals surface area contributed by atoms with E-state index < -0.39 is 0 Å². The predicted molar refractivity (Wildman–Crippen MR) is 85.9 cm³/mol. The number of nitrogens with zero attached hydrogens (tertiary/aromatic N) is 1. The number of carbonyl (C=O) groups is 1. The molecule has 0 aromatic heterocycles. The molecule has 1 aliphatic rings. The second-order valence-corrected chi connectivity index (χ2v) is 5.86. The largest absolute Gasteiger partial charge is 0.484 e. The monoisotopic (exact) mass is 300 g/mol. The molecule has 2 N–H and O–H groups in total. The van der Waals surface area contributed by atoms with E-state index in [-0.39, 0.29) is 12.5 Å². The van der Waals surface area contributed by atoms with Gasteiger partial charge in [0, 0.05) is 22.9 Å². The Morgan fingerprint density at radius 2 is 1.95 bits per heavy atom. The van der Waals surface area contributed by atoms with Gasteiger partial charge in [-0.15, -0.1) is 11.8 Å². The Morgan fingerprint density at radius 1 is 1.19 bits per heavy atom. The molecule has 2 aromatic rings. The zero-order chi connectivity index (χ0) is 14.7. The molecule has 0 radical (unpaired) electrons. The molecular weight excluding hydrogens is 284 g/mol. The maximum Gasteiger partial charge on any atom is 0.264 e. The maximum atomic E-state index is 12.4. The number of hydrogen-bond acceptors (Lipinski definition) is 4. The minimum atomic E-state index is -0.0282. The van der Waals surface area contributed by atoms with Crippen molar-refractivity contribution in [2.45, 2.75) is 4.90 Å². The van der Waals surface area contributed by atoms with Gasteiger partial charge in [-0.1, -0.05) is 12.1 Å². The molecule has 0 unspecified atom stereocenters. The van der Waals surface area contributed by atoms with Crippen molar-refractivity contribution in [2.75, 3.05) is 29.5 Å². The first-order valence-electron chi connectivity index (χ1n) is 6.74. The lowest BCUT2D eigenvalue weighted by molar-refractivity contribution is -0.120. The van der Waals surface area contributed by atoms with Crippen LogP contribution in [0.5, 0.6) is 5.75 Å². The third kappa shape index (κ3) is 3.13.